The van der Waals surface area contributed by atoms with Gasteiger partial charge in [-0.15, -0.1) is 0 Å². The molecule has 1 amide bonds. The molecule has 0 unspecified atom stereocenters. The Morgan fingerprint density at radius 3 is 2.71 bits per heavy atom. The topological polar surface area (TPSA) is 38.3 Å². The fraction of sp³-hybridized carbons (Fsp3) is 0.417. The monoisotopic (exact) mass is 273 g/mol. The lowest BCUT2D eigenvalue weighted by Crippen LogP contribution is -2.24. The minimum Gasteiger partial charge on any atom is -0.495 e. The standard InChI is InChI=1S/C12H13Cl2NO2/c1-17-11-5-9(13)8(4-10(11)14)6-15-12(16)7-2-3-7/h4-5,7H,2-3,6H2,1H3,(H,15,16). The average Bonchev–Trinajstić information content (AvgIpc) is 3.13. The Labute approximate surface area is 110 Å². The molecule has 0 aromatic heterocycles. The summed E-state index contributed by atoms with van der Waals surface area (Å²) in [6.45, 7) is 0.401. The van der Waals surface area contributed by atoms with Crippen molar-refractivity contribution in [3.8, 4) is 5.75 Å². The number of halogens is 2. The van der Waals surface area contributed by atoms with Gasteiger partial charge in [-0.05, 0) is 24.5 Å². The lowest BCUT2D eigenvalue weighted by molar-refractivity contribution is -0.122. The van der Waals surface area contributed by atoms with Gasteiger partial charge in [0, 0.05) is 23.6 Å². The highest BCUT2D eigenvalue weighted by molar-refractivity contribution is 6.34. The number of carbonyl (C=O) groups is 1. The quantitative estimate of drug-likeness (QED) is 0.916. The first-order chi connectivity index (χ1) is 8.11. The highest BCUT2D eigenvalue weighted by Crippen LogP contribution is 2.32. The molecule has 1 aliphatic carbocycles. The Balaban J connectivity index is 2.04. The van der Waals surface area contributed by atoms with E-state index >= 15 is 0 Å². The third kappa shape index (κ3) is 3.05. The first kappa shape index (κ1) is 12.5. The average molecular weight is 274 g/mol. The summed E-state index contributed by atoms with van der Waals surface area (Å²) in [4.78, 5) is 11.5. The van der Waals surface area contributed by atoms with Crippen molar-refractivity contribution in [1.82, 2.24) is 5.32 Å². The summed E-state index contributed by atoms with van der Waals surface area (Å²) in [5, 5.41) is 3.88. The van der Waals surface area contributed by atoms with Gasteiger partial charge in [0.05, 0.1) is 12.1 Å². The smallest absolute Gasteiger partial charge is 0.223 e. The largest absolute Gasteiger partial charge is 0.495 e. The number of ether oxygens (including phenoxy) is 1. The van der Waals surface area contributed by atoms with Crippen LogP contribution in [-0.2, 0) is 11.3 Å². The van der Waals surface area contributed by atoms with Crippen molar-refractivity contribution in [3.63, 3.8) is 0 Å². The van der Waals surface area contributed by atoms with Crippen LogP contribution in [0.15, 0.2) is 12.1 Å². The number of hydrogen-bond acceptors (Lipinski definition) is 2. The zero-order chi connectivity index (χ0) is 12.4. The van der Waals surface area contributed by atoms with E-state index in [0.29, 0.717) is 22.3 Å². The molecular weight excluding hydrogens is 261 g/mol. The van der Waals surface area contributed by atoms with Crippen molar-refractivity contribution in [1.29, 1.82) is 0 Å². The molecule has 1 aromatic rings. The third-order valence-corrected chi connectivity index (χ3v) is 3.37. The molecule has 0 atom stereocenters. The van der Waals surface area contributed by atoms with Gasteiger partial charge in [-0.3, -0.25) is 4.79 Å². The summed E-state index contributed by atoms with van der Waals surface area (Å²) in [7, 11) is 1.53. The Kier molecular flexibility index (Phi) is 3.79. The van der Waals surface area contributed by atoms with Gasteiger partial charge in [-0.25, -0.2) is 0 Å². The summed E-state index contributed by atoms with van der Waals surface area (Å²) in [6.07, 6.45) is 1.98. The van der Waals surface area contributed by atoms with E-state index in [1.54, 1.807) is 12.1 Å². The summed E-state index contributed by atoms with van der Waals surface area (Å²) >= 11 is 12.1. The van der Waals surface area contributed by atoms with Gasteiger partial charge < -0.3 is 10.1 Å². The summed E-state index contributed by atoms with van der Waals surface area (Å²) in [5.41, 5.74) is 0.798. The van der Waals surface area contributed by atoms with Crippen molar-refractivity contribution >= 4 is 29.1 Å². The molecule has 3 nitrogen and oxygen atoms in total. The van der Waals surface area contributed by atoms with Crippen LogP contribution in [0.25, 0.3) is 0 Å². The van der Waals surface area contributed by atoms with Crippen LogP contribution in [0.2, 0.25) is 10.0 Å². The molecule has 1 aromatic carbocycles. The molecule has 1 N–H and O–H groups in total. The molecule has 0 heterocycles. The summed E-state index contributed by atoms with van der Waals surface area (Å²) in [5.74, 6) is 0.824. The van der Waals surface area contributed by atoms with Gasteiger partial charge in [0.15, 0.2) is 0 Å². The van der Waals surface area contributed by atoms with E-state index < -0.39 is 0 Å². The molecule has 0 aliphatic heterocycles. The van der Waals surface area contributed by atoms with E-state index in [-0.39, 0.29) is 11.8 Å². The van der Waals surface area contributed by atoms with Gasteiger partial charge in [-0.1, -0.05) is 23.2 Å². The highest BCUT2D eigenvalue weighted by Gasteiger charge is 2.29. The number of amides is 1. The molecule has 1 fully saturated rings. The van der Waals surface area contributed by atoms with Gasteiger partial charge in [0.2, 0.25) is 5.91 Å². The second-order valence-corrected chi connectivity index (χ2v) is 4.88. The molecule has 5 heteroatoms. The maximum atomic E-state index is 11.5. The van der Waals surface area contributed by atoms with Crippen LogP contribution in [0, 0.1) is 5.92 Å². The van der Waals surface area contributed by atoms with E-state index in [0.717, 1.165) is 18.4 Å². The van der Waals surface area contributed by atoms with Crippen molar-refractivity contribution < 1.29 is 9.53 Å². The number of hydrogen-bond donors (Lipinski definition) is 1. The molecule has 1 saturated carbocycles. The maximum absolute atomic E-state index is 11.5. The zero-order valence-electron chi connectivity index (χ0n) is 9.43. The van der Waals surface area contributed by atoms with E-state index in [9.17, 15) is 4.79 Å². The fourth-order valence-electron chi connectivity index (χ4n) is 1.53. The minimum atomic E-state index is 0.0907. The van der Waals surface area contributed by atoms with E-state index in [1.807, 2.05) is 0 Å². The Bertz CT molecular complexity index is 444. The summed E-state index contributed by atoms with van der Waals surface area (Å²) < 4.78 is 5.05. The minimum absolute atomic E-state index is 0.0907. The van der Waals surface area contributed by atoms with E-state index in [1.165, 1.54) is 7.11 Å². The van der Waals surface area contributed by atoms with Gasteiger partial charge in [0.25, 0.3) is 0 Å². The van der Waals surface area contributed by atoms with E-state index in [2.05, 4.69) is 5.32 Å². The molecule has 92 valence electrons. The third-order valence-electron chi connectivity index (χ3n) is 2.72. The van der Waals surface area contributed by atoms with Crippen LogP contribution >= 0.6 is 23.2 Å². The predicted octanol–water partition coefficient (Wildman–Crippen LogP) is 3.03. The molecule has 0 radical (unpaired) electrons. The van der Waals surface area contributed by atoms with Crippen LogP contribution in [0.3, 0.4) is 0 Å². The van der Waals surface area contributed by atoms with Crippen molar-refractivity contribution in [2.45, 2.75) is 19.4 Å². The Morgan fingerprint density at radius 2 is 2.12 bits per heavy atom. The van der Waals surface area contributed by atoms with Gasteiger partial charge in [-0.2, -0.15) is 0 Å². The number of carbonyl (C=O) groups excluding carboxylic acids is 1. The molecule has 0 saturated heterocycles. The van der Waals surface area contributed by atoms with Gasteiger partial charge in [0.1, 0.15) is 5.75 Å². The Hall–Kier alpha value is -0.930. The number of rotatable bonds is 4. The fourth-order valence-corrected chi connectivity index (χ4v) is 2.02. The second-order valence-electron chi connectivity index (χ2n) is 4.07. The molecule has 2 rings (SSSR count). The Morgan fingerprint density at radius 1 is 1.41 bits per heavy atom. The molecule has 1 aliphatic rings. The van der Waals surface area contributed by atoms with Crippen LogP contribution in [0.1, 0.15) is 18.4 Å². The van der Waals surface area contributed by atoms with Crippen molar-refractivity contribution in [3.05, 3.63) is 27.7 Å². The number of methoxy groups -OCH3 is 1. The SMILES string of the molecule is COc1cc(Cl)c(CNC(=O)C2CC2)cc1Cl. The van der Waals surface area contributed by atoms with Crippen LogP contribution < -0.4 is 10.1 Å². The second kappa shape index (κ2) is 5.15. The van der Waals surface area contributed by atoms with Crippen LogP contribution in [0.4, 0.5) is 0 Å². The van der Waals surface area contributed by atoms with Crippen molar-refractivity contribution in [2.24, 2.45) is 5.92 Å². The first-order valence-electron chi connectivity index (χ1n) is 5.41. The zero-order valence-corrected chi connectivity index (χ0v) is 10.9. The normalized spacial score (nSPS) is 14.5. The highest BCUT2D eigenvalue weighted by atomic mass is 35.5. The lowest BCUT2D eigenvalue weighted by Gasteiger charge is -2.09. The van der Waals surface area contributed by atoms with Crippen LogP contribution in [0.5, 0.6) is 5.75 Å². The summed E-state index contributed by atoms with van der Waals surface area (Å²) in [6, 6.07) is 3.37. The van der Waals surface area contributed by atoms with Crippen molar-refractivity contribution in [2.75, 3.05) is 7.11 Å². The first-order valence-corrected chi connectivity index (χ1v) is 6.17. The molecule has 0 bridgehead atoms. The lowest BCUT2D eigenvalue weighted by atomic mass is 10.2. The van der Waals surface area contributed by atoms with Gasteiger partial charge >= 0.3 is 0 Å². The predicted molar refractivity (Wildman–Crippen MR) is 67.6 cm³/mol. The number of nitrogens with one attached hydrogen (secondary N) is 1. The molecule has 17 heavy (non-hydrogen) atoms. The van der Waals surface area contributed by atoms with Crippen LogP contribution in [-0.4, -0.2) is 13.0 Å². The number of benzene rings is 1. The maximum Gasteiger partial charge on any atom is 0.223 e. The molecular formula is C12H13Cl2NO2. The van der Waals surface area contributed by atoms with E-state index in [4.69, 9.17) is 27.9 Å². The molecule has 0 spiro atoms.